The first kappa shape index (κ1) is 59.4. The summed E-state index contributed by atoms with van der Waals surface area (Å²) in [5, 5.41) is 0. The van der Waals surface area contributed by atoms with Gasteiger partial charge in [-0.1, -0.05) is 266 Å². The van der Waals surface area contributed by atoms with Crippen molar-refractivity contribution in [3.05, 3.63) is 0 Å². The Morgan fingerprint density at radius 2 is 0.623 bits per heavy atom. The van der Waals surface area contributed by atoms with Crippen molar-refractivity contribution in [1.29, 1.82) is 0 Å². The van der Waals surface area contributed by atoms with Crippen LogP contribution in [-0.2, 0) is 28.6 Å². The van der Waals surface area contributed by atoms with Crippen LogP contribution in [0, 0.1) is 11.8 Å². The van der Waals surface area contributed by atoms with E-state index in [1.54, 1.807) is 0 Å². The molecule has 0 rings (SSSR count). The van der Waals surface area contributed by atoms with Gasteiger partial charge in [-0.2, -0.15) is 0 Å². The Labute approximate surface area is 380 Å². The highest BCUT2D eigenvalue weighted by molar-refractivity contribution is 5.71. The van der Waals surface area contributed by atoms with Crippen molar-refractivity contribution >= 4 is 17.9 Å². The molecule has 0 amide bonds. The number of hydrogen-bond acceptors (Lipinski definition) is 6. The molecule has 0 aromatic carbocycles. The van der Waals surface area contributed by atoms with Crippen molar-refractivity contribution in [3.8, 4) is 0 Å². The van der Waals surface area contributed by atoms with Gasteiger partial charge in [-0.3, -0.25) is 14.4 Å². The standard InChI is InChI=1S/C55H106O6/c1-6-8-9-10-11-12-13-14-18-22-25-32-37-42-47-55(58)61-52(49-60-54(57)46-41-36-31-27-26-29-34-39-44-51(5)7-2)48-59-53(56)45-40-35-30-24-21-19-16-15-17-20-23-28-33-38-43-50(3)4/h50-52H,6-49H2,1-5H3/t51?,52-/m1/s1. The number of carbonyl (C=O) groups excluding carboxylic acids is 3. The molecule has 0 saturated heterocycles. The zero-order chi connectivity index (χ0) is 44.7. The Morgan fingerprint density at radius 3 is 0.934 bits per heavy atom. The van der Waals surface area contributed by atoms with E-state index in [0.29, 0.717) is 19.3 Å². The van der Waals surface area contributed by atoms with Crippen LogP contribution in [0.1, 0.15) is 304 Å². The Hall–Kier alpha value is -1.59. The van der Waals surface area contributed by atoms with Crippen LogP contribution in [0.3, 0.4) is 0 Å². The van der Waals surface area contributed by atoms with Crippen LogP contribution in [0.25, 0.3) is 0 Å². The van der Waals surface area contributed by atoms with Crippen molar-refractivity contribution < 1.29 is 28.6 Å². The highest BCUT2D eigenvalue weighted by Crippen LogP contribution is 2.18. The predicted octanol–water partition coefficient (Wildman–Crippen LogP) is 17.7. The second kappa shape index (κ2) is 47.9. The topological polar surface area (TPSA) is 78.9 Å². The van der Waals surface area contributed by atoms with Gasteiger partial charge in [-0.15, -0.1) is 0 Å². The summed E-state index contributed by atoms with van der Waals surface area (Å²) in [7, 11) is 0. The first-order valence-corrected chi connectivity index (χ1v) is 27.3. The van der Waals surface area contributed by atoms with Crippen molar-refractivity contribution in [3.63, 3.8) is 0 Å². The molecule has 0 spiro atoms. The molecule has 1 unspecified atom stereocenters. The van der Waals surface area contributed by atoms with Gasteiger partial charge < -0.3 is 14.2 Å². The maximum atomic E-state index is 12.8. The molecule has 0 aliphatic carbocycles. The SMILES string of the molecule is CCCCCCCCCCCCCCCCC(=O)O[C@H](COC(=O)CCCCCCCCCCCCCCCCC(C)C)COC(=O)CCCCCCCCCCC(C)CC. The minimum absolute atomic E-state index is 0.0634. The van der Waals surface area contributed by atoms with Crippen molar-refractivity contribution in [1.82, 2.24) is 0 Å². The van der Waals surface area contributed by atoms with Crippen molar-refractivity contribution in [2.24, 2.45) is 11.8 Å². The normalized spacial score (nSPS) is 12.5. The summed E-state index contributed by atoms with van der Waals surface area (Å²) in [5.74, 6) is 0.848. The number of hydrogen-bond donors (Lipinski definition) is 0. The third-order valence-corrected chi connectivity index (χ3v) is 12.8. The molecule has 2 atom stereocenters. The lowest BCUT2D eigenvalue weighted by molar-refractivity contribution is -0.167. The Kier molecular flexibility index (Phi) is 46.6. The van der Waals surface area contributed by atoms with Crippen LogP contribution in [0.4, 0.5) is 0 Å². The lowest BCUT2D eigenvalue weighted by Crippen LogP contribution is -2.30. The quantitative estimate of drug-likeness (QED) is 0.0344. The van der Waals surface area contributed by atoms with E-state index in [1.165, 1.54) is 193 Å². The average molecular weight is 863 g/mol. The summed E-state index contributed by atoms with van der Waals surface area (Å²) in [4.78, 5) is 38.0. The molecule has 61 heavy (non-hydrogen) atoms. The predicted molar refractivity (Wildman–Crippen MR) is 261 cm³/mol. The molecule has 6 nitrogen and oxygen atoms in total. The number of rotatable bonds is 49. The molecule has 0 aliphatic rings. The fourth-order valence-electron chi connectivity index (χ4n) is 8.31. The van der Waals surface area contributed by atoms with E-state index in [4.69, 9.17) is 14.2 Å². The maximum absolute atomic E-state index is 12.8. The van der Waals surface area contributed by atoms with Crippen LogP contribution in [0.5, 0.6) is 0 Å². The molecule has 0 aliphatic heterocycles. The second-order valence-corrected chi connectivity index (χ2v) is 19.6. The fraction of sp³-hybridized carbons (Fsp3) is 0.945. The van der Waals surface area contributed by atoms with Gasteiger partial charge >= 0.3 is 17.9 Å². The Balaban J connectivity index is 4.30. The van der Waals surface area contributed by atoms with E-state index in [2.05, 4.69) is 34.6 Å². The summed E-state index contributed by atoms with van der Waals surface area (Å²) < 4.78 is 16.8. The lowest BCUT2D eigenvalue weighted by Gasteiger charge is -2.18. The minimum Gasteiger partial charge on any atom is -0.462 e. The number of ether oxygens (including phenoxy) is 3. The molecule has 0 aromatic rings. The van der Waals surface area contributed by atoms with Crippen LogP contribution >= 0.6 is 0 Å². The molecular weight excluding hydrogens is 757 g/mol. The Bertz CT molecular complexity index is 933. The van der Waals surface area contributed by atoms with Crippen LogP contribution in [0.15, 0.2) is 0 Å². The van der Waals surface area contributed by atoms with E-state index < -0.39 is 6.10 Å². The number of unbranched alkanes of at least 4 members (excludes halogenated alkanes) is 33. The highest BCUT2D eigenvalue weighted by atomic mass is 16.6. The third-order valence-electron chi connectivity index (χ3n) is 12.8. The second-order valence-electron chi connectivity index (χ2n) is 19.6. The van der Waals surface area contributed by atoms with Crippen molar-refractivity contribution in [2.45, 2.75) is 310 Å². The van der Waals surface area contributed by atoms with Crippen LogP contribution in [0.2, 0.25) is 0 Å². The lowest BCUT2D eigenvalue weighted by atomic mass is 9.99. The molecular formula is C55H106O6. The summed E-state index contributed by atoms with van der Waals surface area (Å²) >= 11 is 0. The summed E-state index contributed by atoms with van der Waals surface area (Å²) in [6.45, 7) is 11.4. The monoisotopic (exact) mass is 863 g/mol. The van der Waals surface area contributed by atoms with Gasteiger partial charge in [0.1, 0.15) is 13.2 Å². The van der Waals surface area contributed by atoms with Gasteiger partial charge in [0.05, 0.1) is 0 Å². The van der Waals surface area contributed by atoms with Gasteiger partial charge in [-0.05, 0) is 31.1 Å². The molecule has 0 radical (unpaired) electrons. The zero-order valence-corrected chi connectivity index (χ0v) is 41.8. The van der Waals surface area contributed by atoms with Crippen LogP contribution < -0.4 is 0 Å². The molecule has 362 valence electrons. The smallest absolute Gasteiger partial charge is 0.306 e. The molecule has 0 aromatic heterocycles. The summed E-state index contributed by atoms with van der Waals surface area (Å²) in [6, 6.07) is 0. The first-order valence-electron chi connectivity index (χ1n) is 27.3. The minimum atomic E-state index is -0.762. The Morgan fingerprint density at radius 1 is 0.344 bits per heavy atom. The third kappa shape index (κ3) is 47.7. The van der Waals surface area contributed by atoms with Gasteiger partial charge in [0, 0.05) is 19.3 Å². The van der Waals surface area contributed by atoms with E-state index in [0.717, 1.165) is 69.6 Å². The van der Waals surface area contributed by atoms with Gasteiger partial charge in [0.2, 0.25) is 0 Å². The number of carbonyl (C=O) groups is 3. The molecule has 0 saturated carbocycles. The van der Waals surface area contributed by atoms with E-state index in [-0.39, 0.29) is 31.1 Å². The van der Waals surface area contributed by atoms with Crippen molar-refractivity contribution in [2.75, 3.05) is 13.2 Å². The summed E-state index contributed by atoms with van der Waals surface area (Å²) in [6.07, 6.45) is 49.4. The van der Waals surface area contributed by atoms with E-state index >= 15 is 0 Å². The van der Waals surface area contributed by atoms with Gasteiger partial charge in [0.15, 0.2) is 6.10 Å². The average Bonchev–Trinajstić information content (AvgIpc) is 3.24. The first-order chi connectivity index (χ1) is 29.8. The molecule has 0 heterocycles. The fourth-order valence-corrected chi connectivity index (χ4v) is 8.31. The highest BCUT2D eigenvalue weighted by Gasteiger charge is 2.19. The number of esters is 3. The van der Waals surface area contributed by atoms with Gasteiger partial charge in [-0.25, -0.2) is 0 Å². The molecule has 0 bridgehead atoms. The molecule has 0 N–H and O–H groups in total. The summed E-state index contributed by atoms with van der Waals surface area (Å²) in [5.41, 5.74) is 0. The molecule has 0 fully saturated rings. The molecule has 6 heteroatoms. The van der Waals surface area contributed by atoms with E-state index in [1.807, 2.05) is 0 Å². The zero-order valence-electron chi connectivity index (χ0n) is 41.8. The maximum Gasteiger partial charge on any atom is 0.306 e. The largest absolute Gasteiger partial charge is 0.462 e. The van der Waals surface area contributed by atoms with E-state index in [9.17, 15) is 14.4 Å². The van der Waals surface area contributed by atoms with Gasteiger partial charge in [0.25, 0.3) is 0 Å². The van der Waals surface area contributed by atoms with Crippen LogP contribution in [-0.4, -0.2) is 37.2 Å².